The van der Waals surface area contributed by atoms with Crippen molar-refractivity contribution in [2.24, 2.45) is 0 Å². The summed E-state index contributed by atoms with van der Waals surface area (Å²) in [5.74, 6) is 2.07. The van der Waals surface area contributed by atoms with Crippen molar-refractivity contribution in [1.82, 2.24) is 0 Å². The van der Waals surface area contributed by atoms with Gasteiger partial charge in [-0.05, 0) is 62.2 Å². The first-order valence-electron chi connectivity index (χ1n) is 10.3. The largest absolute Gasteiger partial charge is 0.488 e. The summed E-state index contributed by atoms with van der Waals surface area (Å²) in [6, 6.07) is 22.7. The van der Waals surface area contributed by atoms with E-state index in [0.717, 1.165) is 5.75 Å². The number of benzene rings is 4. The van der Waals surface area contributed by atoms with Crippen LogP contribution in [0, 0.1) is 0 Å². The van der Waals surface area contributed by atoms with Gasteiger partial charge < -0.3 is 4.74 Å². The molecular weight excluding hydrogens is 340 g/mol. The van der Waals surface area contributed by atoms with Gasteiger partial charge in [0.1, 0.15) is 12.4 Å². The lowest BCUT2D eigenvalue weighted by molar-refractivity contribution is 0.304. The molecule has 1 nitrogen and oxygen atoms in total. The number of fused-ring (bicyclic) bond motifs is 6. The molecule has 1 aliphatic rings. The molecule has 0 aliphatic carbocycles. The molecule has 0 N–H and O–H groups in total. The molecule has 0 atom stereocenters. The van der Waals surface area contributed by atoms with Gasteiger partial charge in [-0.2, -0.15) is 0 Å². The van der Waals surface area contributed by atoms with E-state index in [1.807, 2.05) is 0 Å². The van der Waals surface area contributed by atoms with E-state index in [1.54, 1.807) is 0 Å². The van der Waals surface area contributed by atoms with Gasteiger partial charge in [-0.25, -0.2) is 0 Å². The molecule has 0 aromatic heterocycles. The van der Waals surface area contributed by atoms with Gasteiger partial charge in [-0.15, -0.1) is 0 Å². The Hall–Kier alpha value is -2.80. The number of ether oxygens (including phenoxy) is 1. The van der Waals surface area contributed by atoms with Gasteiger partial charge in [0.2, 0.25) is 0 Å². The Kier molecular flexibility index (Phi) is 3.94. The molecule has 1 aliphatic heterocycles. The molecule has 28 heavy (non-hydrogen) atoms. The van der Waals surface area contributed by atoms with Gasteiger partial charge in [0, 0.05) is 11.1 Å². The Labute approximate surface area is 167 Å². The minimum Gasteiger partial charge on any atom is -0.488 e. The van der Waals surface area contributed by atoms with Crippen molar-refractivity contribution in [3.63, 3.8) is 0 Å². The SMILES string of the molecule is CC(C)c1ccc2cc3c(cc2c1)OCc1c-3ccc2cc(C(C)C)ccc12. The number of hydrogen-bond donors (Lipinski definition) is 0. The zero-order chi connectivity index (χ0) is 19.4. The highest BCUT2D eigenvalue weighted by Gasteiger charge is 2.20. The van der Waals surface area contributed by atoms with E-state index in [-0.39, 0.29) is 0 Å². The molecule has 0 bridgehead atoms. The Balaban J connectivity index is 1.69. The van der Waals surface area contributed by atoms with Crippen LogP contribution in [0.1, 0.15) is 56.2 Å². The fourth-order valence-corrected chi connectivity index (χ4v) is 4.31. The molecule has 0 saturated carbocycles. The van der Waals surface area contributed by atoms with E-state index < -0.39 is 0 Å². The summed E-state index contributed by atoms with van der Waals surface area (Å²) < 4.78 is 6.24. The van der Waals surface area contributed by atoms with Gasteiger partial charge in [0.05, 0.1) is 0 Å². The summed E-state index contributed by atoms with van der Waals surface area (Å²) >= 11 is 0. The highest BCUT2D eigenvalue weighted by atomic mass is 16.5. The van der Waals surface area contributed by atoms with Crippen molar-refractivity contribution in [2.75, 3.05) is 0 Å². The average molecular weight is 367 g/mol. The first-order valence-corrected chi connectivity index (χ1v) is 10.3. The Morgan fingerprint density at radius 3 is 2.07 bits per heavy atom. The fraction of sp³-hybridized carbons (Fsp3) is 0.259. The van der Waals surface area contributed by atoms with Crippen molar-refractivity contribution < 1.29 is 4.74 Å². The summed E-state index contributed by atoms with van der Waals surface area (Å²) in [6.45, 7) is 9.60. The normalized spacial score (nSPS) is 13.1. The zero-order valence-corrected chi connectivity index (χ0v) is 17.0. The third-order valence-corrected chi connectivity index (χ3v) is 6.11. The molecular formula is C27H26O. The summed E-state index contributed by atoms with van der Waals surface area (Å²) in [4.78, 5) is 0. The lowest BCUT2D eigenvalue weighted by atomic mass is 9.89. The summed E-state index contributed by atoms with van der Waals surface area (Å²) in [7, 11) is 0. The van der Waals surface area contributed by atoms with Crippen molar-refractivity contribution in [3.05, 3.63) is 77.4 Å². The Morgan fingerprint density at radius 2 is 1.32 bits per heavy atom. The first kappa shape index (κ1) is 17.3. The smallest absolute Gasteiger partial charge is 0.128 e. The molecule has 0 radical (unpaired) electrons. The minimum atomic E-state index is 0.532. The highest BCUT2D eigenvalue weighted by molar-refractivity contribution is 5.97. The van der Waals surface area contributed by atoms with Crippen molar-refractivity contribution in [1.29, 1.82) is 0 Å². The molecule has 0 amide bonds. The van der Waals surface area contributed by atoms with Crippen LogP contribution in [0.4, 0.5) is 0 Å². The molecule has 4 aromatic carbocycles. The summed E-state index contributed by atoms with van der Waals surface area (Å²) in [5, 5.41) is 5.15. The molecule has 4 aromatic rings. The lowest BCUT2D eigenvalue weighted by Gasteiger charge is -2.23. The van der Waals surface area contributed by atoms with Crippen LogP contribution < -0.4 is 4.74 Å². The van der Waals surface area contributed by atoms with Crippen molar-refractivity contribution >= 4 is 21.5 Å². The molecule has 140 valence electrons. The molecule has 1 heteroatoms. The third-order valence-electron chi connectivity index (χ3n) is 6.11. The lowest BCUT2D eigenvalue weighted by Crippen LogP contribution is -2.06. The van der Waals surface area contributed by atoms with Crippen LogP contribution in [0.3, 0.4) is 0 Å². The molecule has 1 heterocycles. The van der Waals surface area contributed by atoms with E-state index in [0.29, 0.717) is 18.4 Å². The second kappa shape index (κ2) is 6.38. The quantitative estimate of drug-likeness (QED) is 0.351. The molecule has 0 saturated heterocycles. The maximum absolute atomic E-state index is 6.24. The van der Waals surface area contributed by atoms with Gasteiger partial charge in [0.25, 0.3) is 0 Å². The van der Waals surface area contributed by atoms with Crippen LogP contribution in [0.15, 0.2) is 60.7 Å². The number of rotatable bonds is 2. The summed E-state index contributed by atoms with van der Waals surface area (Å²) in [6.07, 6.45) is 0. The van der Waals surface area contributed by atoms with E-state index in [9.17, 15) is 0 Å². The van der Waals surface area contributed by atoms with Crippen LogP contribution >= 0.6 is 0 Å². The van der Waals surface area contributed by atoms with E-state index in [1.165, 1.54) is 49.4 Å². The van der Waals surface area contributed by atoms with Crippen molar-refractivity contribution in [3.8, 4) is 16.9 Å². The monoisotopic (exact) mass is 366 g/mol. The van der Waals surface area contributed by atoms with Crippen molar-refractivity contribution in [2.45, 2.75) is 46.1 Å². The van der Waals surface area contributed by atoms with Crippen LogP contribution in [0.25, 0.3) is 32.7 Å². The zero-order valence-electron chi connectivity index (χ0n) is 17.0. The maximum atomic E-state index is 6.24. The Morgan fingerprint density at radius 1 is 0.643 bits per heavy atom. The predicted molar refractivity (Wildman–Crippen MR) is 119 cm³/mol. The van der Waals surface area contributed by atoms with Crippen LogP contribution in [0.2, 0.25) is 0 Å². The minimum absolute atomic E-state index is 0.532. The predicted octanol–water partition coefficient (Wildman–Crippen LogP) is 7.80. The average Bonchev–Trinajstić information content (AvgIpc) is 2.70. The van der Waals surface area contributed by atoms with Gasteiger partial charge in [-0.3, -0.25) is 0 Å². The molecule has 0 fully saturated rings. The Bertz CT molecular complexity index is 1200. The molecule has 5 rings (SSSR count). The van der Waals surface area contributed by atoms with Crippen LogP contribution in [-0.4, -0.2) is 0 Å². The van der Waals surface area contributed by atoms with Gasteiger partial charge in [0.15, 0.2) is 0 Å². The second-order valence-electron chi connectivity index (χ2n) is 8.63. The van der Waals surface area contributed by atoms with E-state index in [4.69, 9.17) is 4.74 Å². The third kappa shape index (κ3) is 2.69. The fourth-order valence-electron chi connectivity index (χ4n) is 4.31. The maximum Gasteiger partial charge on any atom is 0.128 e. The van der Waals surface area contributed by atoms with Crippen LogP contribution in [-0.2, 0) is 6.61 Å². The molecule has 0 spiro atoms. The standard InChI is InChI=1S/C27H26O/c1-16(2)18-5-6-20-13-25-24-10-8-21-11-19(17(3)4)7-9-23(21)26(24)15-28-27(25)14-22(20)12-18/h5-14,16-17H,15H2,1-4H3. The molecule has 0 unspecified atom stereocenters. The highest BCUT2D eigenvalue weighted by Crippen LogP contribution is 2.43. The first-order chi connectivity index (χ1) is 13.5. The second-order valence-corrected chi connectivity index (χ2v) is 8.63. The van der Waals surface area contributed by atoms with Crippen LogP contribution in [0.5, 0.6) is 5.75 Å². The van der Waals surface area contributed by atoms with Gasteiger partial charge >= 0.3 is 0 Å². The summed E-state index contributed by atoms with van der Waals surface area (Å²) in [5.41, 5.74) is 6.58. The number of hydrogen-bond acceptors (Lipinski definition) is 1. The van der Waals surface area contributed by atoms with E-state index in [2.05, 4.69) is 88.4 Å². The van der Waals surface area contributed by atoms with E-state index >= 15 is 0 Å². The topological polar surface area (TPSA) is 9.23 Å². The van der Waals surface area contributed by atoms with Gasteiger partial charge in [-0.1, -0.05) is 76.2 Å².